The van der Waals surface area contributed by atoms with Gasteiger partial charge in [-0.1, -0.05) is 0 Å². The number of hydrogen-bond donors (Lipinski definition) is 0. The van der Waals surface area contributed by atoms with Crippen molar-refractivity contribution in [2.24, 2.45) is 0 Å². The first kappa shape index (κ1) is 9.50. The van der Waals surface area contributed by atoms with Gasteiger partial charge in [-0.05, 0) is 0 Å². The van der Waals surface area contributed by atoms with Crippen LogP contribution in [0.1, 0.15) is 0 Å². The molecular weight excluding hydrogens is 199 g/mol. The maximum absolute atomic E-state index is 4.33. The molecule has 0 radical (unpaired) electrons. The molecule has 0 saturated carbocycles. The summed E-state index contributed by atoms with van der Waals surface area (Å²) in [4.78, 5) is 0. The van der Waals surface area contributed by atoms with E-state index in [0.29, 0.717) is 0 Å². The summed E-state index contributed by atoms with van der Waals surface area (Å²) in [6, 6.07) is 0. The summed E-state index contributed by atoms with van der Waals surface area (Å²) in [7, 11) is 0. The van der Waals surface area contributed by atoms with Crippen LogP contribution in [0.5, 0.6) is 0 Å². The van der Waals surface area contributed by atoms with Gasteiger partial charge >= 0.3 is 0 Å². The van der Waals surface area contributed by atoms with E-state index in [1.807, 2.05) is 0 Å². The van der Waals surface area contributed by atoms with Crippen LogP contribution in [0.4, 0.5) is 0 Å². The van der Waals surface area contributed by atoms with Crippen molar-refractivity contribution in [3.63, 3.8) is 0 Å². The largest absolute Gasteiger partial charge is 0.102 e. The molecule has 0 unspecified atom stereocenters. The van der Waals surface area contributed by atoms with Crippen LogP contribution >= 0.6 is 23.7 Å². The molecule has 5 heavy (non-hydrogen) atoms. The maximum Gasteiger partial charge on any atom is 0.102 e. The van der Waals surface area contributed by atoms with Gasteiger partial charge < -0.3 is 0 Å². The second kappa shape index (κ2) is 8.95. The molecule has 0 aliphatic heterocycles. The molecule has 32 valence electrons. The molecule has 0 atom stereocenters. The van der Waals surface area contributed by atoms with Gasteiger partial charge in [-0.15, -0.1) is 8.88 Å². The Labute approximate surface area is 53.9 Å². The van der Waals surface area contributed by atoms with E-state index >= 15 is 0 Å². The summed E-state index contributed by atoms with van der Waals surface area (Å²) in [5.41, 5.74) is 0. The van der Waals surface area contributed by atoms with E-state index in [0.717, 1.165) is 0 Å². The number of rotatable bonds is 1. The van der Waals surface area contributed by atoms with Crippen molar-refractivity contribution in [3.05, 3.63) is 0 Å². The molecule has 0 aromatic rings. The Hall–Kier alpha value is 1.19. The topological polar surface area (TPSA) is 18.5 Å². The molecule has 0 aliphatic carbocycles. The molecule has 0 rings (SSSR count). The van der Waals surface area contributed by atoms with E-state index in [9.17, 15) is 0 Å². The molecule has 0 N–H and O–H groups in total. The Morgan fingerprint density at radius 1 is 1.00 bits per heavy atom. The molecular formula is Cl2MoO2. The minimum absolute atomic E-state index is 0. The van der Waals surface area contributed by atoms with Gasteiger partial charge in [0.2, 0.25) is 0 Å². The van der Waals surface area contributed by atoms with Crippen molar-refractivity contribution in [1.29, 1.82) is 0 Å². The van der Waals surface area contributed by atoms with Crippen molar-refractivity contribution < 1.29 is 29.9 Å². The third-order valence-corrected chi connectivity index (χ3v) is 0.214. The normalized spacial score (nSPS) is 6.00. The standard InChI is InChI=1S/Cl2O2.Mo/c1-3-4-2;. The molecule has 2 nitrogen and oxygen atoms in total. The summed E-state index contributed by atoms with van der Waals surface area (Å²) < 4.78 is 6.56. The van der Waals surface area contributed by atoms with Crippen LogP contribution in [-0.4, -0.2) is 0 Å². The van der Waals surface area contributed by atoms with Gasteiger partial charge in [-0.2, -0.15) is 0 Å². The van der Waals surface area contributed by atoms with Crippen molar-refractivity contribution in [1.82, 2.24) is 0 Å². The summed E-state index contributed by atoms with van der Waals surface area (Å²) in [5.74, 6) is 0. The van der Waals surface area contributed by atoms with E-state index in [4.69, 9.17) is 0 Å². The van der Waals surface area contributed by atoms with Crippen LogP contribution in [0, 0.1) is 0 Å². The predicted octanol–water partition coefficient (Wildman–Crippen LogP) is 1.24. The van der Waals surface area contributed by atoms with Crippen molar-refractivity contribution in [3.8, 4) is 0 Å². The van der Waals surface area contributed by atoms with E-state index in [1.54, 1.807) is 0 Å². The second-order valence-corrected chi connectivity index (χ2v) is 0.378. The number of halogens is 2. The van der Waals surface area contributed by atoms with Gasteiger partial charge in [-0.3, -0.25) is 0 Å². The van der Waals surface area contributed by atoms with E-state index < -0.39 is 0 Å². The van der Waals surface area contributed by atoms with Gasteiger partial charge in [0.1, 0.15) is 23.7 Å². The van der Waals surface area contributed by atoms with Crippen LogP contribution in [0.2, 0.25) is 0 Å². The Kier molecular flexibility index (Phi) is 17.0. The van der Waals surface area contributed by atoms with Gasteiger partial charge in [0, 0.05) is 21.1 Å². The third kappa shape index (κ3) is 11.0. The minimum Gasteiger partial charge on any atom is -0.102 e. The van der Waals surface area contributed by atoms with Gasteiger partial charge in [0.15, 0.2) is 0 Å². The average Bonchev–Trinajstić information content (AvgIpc) is 1.37. The molecule has 0 heterocycles. The number of hydrogen-bond acceptors (Lipinski definition) is 2. The Morgan fingerprint density at radius 2 is 1.20 bits per heavy atom. The fraction of sp³-hybridized carbons (Fsp3) is 0. The van der Waals surface area contributed by atoms with Crippen molar-refractivity contribution in [2.75, 3.05) is 0 Å². The van der Waals surface area contributed by atoms with Crippen LogP contribution < -0.4 is 0 Å². The predicted molar refractivity (Wildman–Crippen MR) is 13.9 cm³/mol. The van der Waals surface area contributed by atoms with Crippen LogP contribution in [0.25, 0.3) is 0 Å². The van der Waals surface area contributed by atoms with Crippen molar-refractivity contribution in [2.45, 2.75) is 0 Å². The first-order chi connectivity index (χ1) is 1.91. The molecule has 0 fully saturated rings. The minimum atomic E-state index is 0. The second-order valence-electron chi connectivity index (χ2n) is 0.126. The van der Waals surface area contributed by atoms with Crippen LogP contribution in [0.3, 0.4) is 0 Å². The third-order valence-electron chi connectivity index (χ3n) is 0.0238. The SMILES string of the molecule is ClOOCl.[Mo]. The van der Waals surface area contributed by atoms with E-state index in [1.165, 1.54) is 0 Å². The molecule has 5 heteroatoms. The average molecular weight is 199 g/mol. The zero-order valence-corrected chi connectivity index (χ0v) is 5.50. The summed E-state index contributed by atoms with van der Waals surface area (Å²) >= 11 is 8.66. The molecule has 0 amide bonds. The van der Waals surface area contributed by atoms with Gasteiger partial charge in [0.25, 0.3) is 0 Å². The first-order valence-electron chi connectivity index (χ1n) is 0.475. The molecule has 0 saturated heterocycles. The Balaban J connectivity index is 0. The first-order valence-corrected chi connectivity index (χ1v) is 1.09. The summed E-state index contributed by atoms with van der Waals surface area (Å²) in [6.45, 7) is 0. The summed E-state index contributed by atoms with van der Waals surface area (Å²) in [5, 5.41) is 0. The molecule has 0 bridgehead atoms. The smallest absolute Gasteiger partial charge is 0.102 e. The maximum atomic E-state index is 4.33. The fourth-order valence-electron chi connectivity index (χ4n) is 0. The molecule has 0 spiro atoms. The van der Waals surface area contributed by atoms with E-state index in [2.05, 4.69) is 32.6 Å². The van der Waals surface area contributed by atoms with Crippen molar-refractivity contribution >= 4 is 23.7 Å². The van der Waals surface area contributed by atoms with Gasteiger partial charge in [-0.25, -0.2) is 0 Å². The molecule has 0 aliphatic rings. The van der Waals surface area contributed by atoms with Crippen LogP contribution in [0.15, 0.2) is 0 Å². The monoisotopic (exact) mass is 200 g/mol. The Morgan fingerprint density at radius 3 is 1.20 bits per heavy atom. The summed E-state index contributed by atoms with van der Waals surface area (Å²) in [6.07, 6.45) is 0. The quantitative estimate of drug-likeness (QED) is 0.359. The fourth-order valence-corrected chi connectivity index (χ4v) is 0. The van der Waals surface area contributed by atoms with E-state index in [-0.39, 0.29) is 21.1 Å². The molecule has 0 aromatic heterocycles. The zero-order chi connectivity index (χ0) is 3.41. The van der Waals surface area contributed by atoms with Gasteiger partial charge in [0.05, 0.1) is 0 Å². The zero-order valence-electron chi connectivity index (χ0n) is 1.98. The van der Waals surface area contributed by atoms with Crippen LogP contribution in [-0.2, 0) is 29.9 Å². The molecule has 0 aromatic carbocycles. The Bertz CT molecular complexity index is 9.61.